The topological polar surface area (TPSA) is 111 Å². The van der Waals surface area contributed by atoms with Gasteiger partial charge in [0.2, 0.25) is 10.0 Å². The van der Waals surface area contributed by atoms with Crippen molar-refractivity contribution in [3.63, 3.8) is 0 Å². The molecule has 0 spiro atoms. The second kappa shape index (κ2) is 13.5. The second-order valence-corrected chi connectivity index (χ2v) is 14.3. The molecule has 0 radical (unpaired) electrons. The Morgan fingerprint density at radius 1 is 1.07 bits per heavy atom. The van der Waals surface area contributed by atoms with Crippen LogP contribution in [0.25, 0.3) is 10.4 Å². The van der Waals surface area contributed by atoms with Gasteiger partial charge in [0.15, 0.2) is 17.2 Å². The number of piperidine rings is 1. The third-order valence-electron chi connectivity index (χ3n) is 6.47. The summed E-state index contributed by atoms with van der Waals surface area (Å²) >= 11 is 7.80. The highest BCUT2D eigenvalue weighted by molar-refractivity contribution is 7.88. The van der Waals surface area contributed by atoms with Gasteiger partial charge in [-0.1, -0.05) is 54.1 Å². The van der Waals surface area contributed by atoms with Crippen molar-refractivity contribution >= 4 is 50.6 Å². The van der Waals surface area contributed by atoms with Crippen LogP contribution in [0.5, 0.6) is 5.75 Å². The van der Waals surface area contributed by atoms with Crippen molar-refractivity contribution in [3.8, 4) is 16.2 Å². The number of carbonyl (C=O) groups is 2. The Hall–Kier alpha value is -3.12. The van der Waals surface area contributed by atoms with Crippen molar-refractivity contribution in [1.29, 1.82) is 0 Å². The van der Waals surface area contributed by atoms with Crippen LogP contribution in [0.3, 0.4) is 0 Å². The summed E-state index contributed by atoms with van der Waals surface area (Å²) in [6, 6.07) is 16.8. The van der Waals surface area contributed by atoms with E-state index in [1.54, 1.807) is 25.1 Å². The zero-order valence-corrected chi connectivity index (χ0v) is 26.4. The zero-order chi connectivity index (χ0) is 30.5. The smallest absolute Gasteiger partial charge is 0.351 e. The highest BCUT2D eigenvalue weighted by atomic mass is 35.5. The summed E-state index contributed by atoms with van der Waals surface area (Å²) in [6.45, 7) is 5.70. The lowest BCUT2D eigenvalue weighted by atomic mass is 10.1. The third kappa shape index (κ3) is 8.25. The van der Waals surface area contributed by atoms with Crippen LogP contribution in [0.4, 0.5) is 5.69 Å². The molecule has 42 heavy (non-hydrogen) atoms. The zero-order valence-electron chi connectivity index (χ0n) is 24.0. The van der Waals surface area contributed by atoms with Crippen molar-refractivity contribution < 1.29 is 32.2 Å². The first-order valence-electron chi connectivity index (χ1n) is 13.5. The van der Waals surface area contributed by atoms with Gasteiger partial charge in [-0.25, -0.2) is 22.3 Å². The van der Waals surface area contributed by atoms with E-state index in [1.165, 1.54) is 7.11 Å². The van der Waals surface area contributed by atoms with Crippen LogP contribution in [0.2, 0.25) is 5.02 Å². The summed E-state index contributed by atoms with van der Waals surface area (Å²) in [7, 11) is -2.14. The van der Waals surface area contributed by atoms with E-state index in [9.17, 15) is 18.0 Å². The number of hydrogen-bond donors (Lipinski definition) is 1. The molecule has 0 unspecified atom stereocenters. The number of rotatable bonds is 10. The standard InChI is InChI=1S/C30H35ClN2O7S2/c1-30(2,3)40-24(34)18-39-26-25(31)27(41-28(26)29(35)38-4)21-11-8-12-23(17-21)32-22-13-15-33(16-14-22)42(36,37)19-20-9-6-5-7-10-20/h5-12,17,22,32H,13-16,18-19H2,1-4H3. The molecule has 1 N–H and O–H groups in total. The first-order valence-corrected chi connectivity index (χ1v) is 16.3. The maximum absolute atomic E-state index is 12.9. The number of carbonyl (C=O) groups excluding carboxylic acids is 2. The second-order valence-electron chi connectivity index (χ2n) is 10.9. The summed E-state index contributed by atoms with van der Waals surface area (Å²) < 4.78 is 43.3. The highest BCUT2D eigenvalue weighted by Gasteiger charge is 2.29. The van der Waals surface area contributed by atoms with Gasteiger partial charge >= 0.3 is 11.9 Å². The SMILES string of the molecule is COC(=O)c1sc(-c2cccc(NC3CCN(S(=O)(=O)Cc4ccccc4)CC3)c2)c(Cl)c1OCC(=O)OC(C)(C)C. The van der Waals surface area contributed by atoms with Crippen molar-refractivity contribution in [2.45, 2.75) is 51.0 Å². The average molecular weight is 635 g/mol. The molecule has 4 rings (SSSR count). The molecule has 1 aliphatic heterocycles. The lowest BCUT2D eigenvalue weighted by molar-refractivity contribution is -0.157. The Kier molecular flexibility index (Phi) is 10.2. The van der Waals surface area contributed by atoms with Gasteiger partial charge in [0.1, 0.15) is 10.6 Å². The molecule has 0 atom stereocenters. The van der Waals surface area contributed by atoms with Gasteiger partial charge in [0.05, 0.1) is 17.7 Å². The van der Waals surface area contributed by atoms with Crippen molar-refractivity contribution in [2.75, 3.05) is 32.1 Å². The van der Waals surface area contributed by atoms with Gasteiger partial charge in [-0.05, 0) is 56.9 Å². The van der Waals surface area contributed by atoms with E-state index >= 15 is 0 Å². The van der Waals surface area contributed by atoms with Gasteiger partial charge in [-0.3, -0.25) is 0 Å². The molecule has 1 aliphatic rings. The molecule has 0 aliphatic carbocycles. The molecule has 9 nitrogen and oxygen atoms in total. The number of halogens is 1. The highest BCUT2D eigenvalue weighted by Crippen LogP contribution is 2.46. The molecule has 226 valence electrons. The molecular formula is C30H35ClN2O7S2. The van der Waals surface area contributed by atoms with Crippen LogP contribution in [-0.2, 0) is 30.0 Å². The number of nitrogens with one attached hydrogen (secondary N) is 1. The predicted octanol–water partition coefficient (Wildman–Crippen LogP) is 5.98. The number of benzene rings is 2. The van der Waals surface area contributed by atoms with Gasteiger partial charge in [0, 0.05) is 24.8 Å². The van der Waals surface area contributed by atoms with Crippen molar-refractivity contribution in [3.05, 3.63) is 70.1 Å². The number of anilines is 1. The normalized spacial score (nSPS) is 14.8. The van der Waals surface area contributed by atoms with Crippen LogP contribution < -0.4 is 10.1 Å². The van der Waals surface area contributed by atoms with E-state index < -0.39 is 34.2 Å². The minimum absolute atomic E-state index is 0.00735. The maximum Gasteiger partial charge on any atom is 0.351 e. The molecule has 0 amide bonds. The Morgan fingerprint density at radius 3 is 2.40 bits per heavy atom. The maximum atomic E-state index is 12.9. The quantitative estimate of drug-likeness (QED) is 0.271. The van der Waals surface area contributed by atoms with Crippen molar-refractivity contribution in [2.24, 2.45) is 0 Å². The number of nitrogens with zero attached hydrogens (tertiary/aromatic N) is 1. The number of thiophene rings is 1. The average Bonchev–Trinajstić information content (AvgIpc) is 3.27. The molecule has 2 heterocycles. The molecule has 1 fully saturated rings. The molecule has 1 aromatic heterocycles. The number of hydrogen-bond acceptors (Lipinski definition) is 9. The van der Waals surface area contributed by atoms with E-state index in [2.05, 4.69) is 5.32 Å². The summed E-state index contributed by atoms with van der Waals surface area (Å²) in [6.07, 6.45) is 1.32. The Labute approximate surface area is 255 Å². The number of sulfonamides is 1. The van der Waals surface area contributed by atoms with E-state index in [0.29, 0.717) is 30.8 Å². The Balaban J connectivity index is 1.44. The monoisotopic (exact) mass is 634 g/mol. The van der Waals surface area contributed by atoms with Crippen LogP contribution in [0.15, 0.2) is 54.6 Å². The summed E-state index contributed by atoms with van der Waals surface area (Å²) in [5.74, 6) is -1.16. The van der Waals surface area contributed by atoms with E-state index in [1.807, 2.05) is 54.6 Å². The van der Waals surface area contributed by atoms with Gasteiger partial charge in [0.25, 0.3) is 0 Å². The molecule has 2 aromatic carbocycles. The summed E-state index contributed by atoms with van der Waals surface area (Å²) in [4.78, 5) is 25.4. The molecule has 0 saturated carbocycles. The molecule has 12 heteroatoms. The van der Waals surface area contributed by atoms with Gasteiger partial charge in [-0.2, -0.15) is 0 Å². The molecule has 3 aromatic rings. The third-order valence-corrected chi connectivity index (χ3v) is 9.99. The minimum Gasteiger partial charge on any atom is -0.479 e. The minimum atomic E-state index is -3.40. The van der Waals surface area contributed by atoms with Crippen LogP contribution in [0, 0.1) is 0 Å². The predicted molar refractivity (Wildman–Crippen MR) is 165 cm³/mol. The Morgan fingerprint density at radius 2 is 1.76 bits per heavy atom. The molecule has 0 bridgehead atoms. The number of ether oxygens (including phenoxy) is 3. The lowest BCUT2D eigenvalue weighted by Crippen LogP contribution is -2.42. The van der Waals surface area contributed by atoms with Crippen LogP contribution in [-0.4, -0.2) is 63.1 Å². The van der Waals surface area contributed by atoms with Gasteiger partial charge < -0.3 is 19.5 Å². The van der Waals surface area contributed by atoms with E-state index in [0.717, 1.165) is 28.2 Å². The largest absolute Gasteiger partial charge is 0.479 e. The number of methoxy groups -OCH3 is 1. The fourth-order valence-corrected chi connectivity index (χ4v) is 7.62. The lowest BCUT2D eigenvalue weighted by Gasteiger charge is -2.32. The molecule has 1 saturated heterocycles. The van der Waals surface area contributed by atoms with E-state index in [-0.39, 0.29) is 27.4 Å². The van der Waals surface area contributed by atoms with Crippen molar-refractivity contribution in [1.82, 2.24) is 4.31 Å². The molecular weight excluding hydrogens is 600 g/mol. The van der Waals surface area contributed by atoms with Gasteiger partial charge in [-0.15, -0.1) is 11.3 Å². The fourth-order valence-electron chi connectivity index (χ4n) is 4.58. The summed E-state index contributed by atoms with van der Waals surface area (Å²) in [5.41, 5.74) is 1.67. The Bertz CT molecular complexity index is 1510. The fraction of sp³-hybridized carbons (Fsp3) is 0.400. The van der Waals surface area contributed by atoms with E-state index in [4.69, 9.17) is 25.8 Å². The van der Waals surface area contributed by atoms with Crippen LogP contribution >= 0.6 is 22.9 Å². The van der Waals surface area contributed by atoms with Crippen LogP contribution in [0.1, 0.15) is 48.8 Å². The number of esters is 2. The summed E-state index contributed by atoms with van der Waals surface area (Å²) in [5, 5.41) is 3.70. The first-order chi connectivity index (χ1) is 19.9. The first kappa shape index (κ1) is 31.8.